The first kappa shape index (κ1) is 14.7. The molecule has 0 saturated heterocycles. The van der Waals surface area contributed by atoms with E-state index in [2.05, 4.69) is 35.1 Å². The molecule has 0 bridgehead atoms. The predicted octanol–water partition coefficient (Wildman–Crippen LogP) is 3.49. The van der Waals surface area contributed by atoms with E-state index < -0.39 is 0 Å². The van der Waals surface area contributed by atoms with Crippen molar-refractivity contribution in [2.75, 3.05) is 13.2 Å². The number of hydrogen-bond acceptors (Lipinski definition) is 3. The Morgan fingerprint density at radius 1 is 1.41 bits per heavy atom. The monoisotopic (exact) mass is 303 g/mol. The van der Waals surface area contributed by atoms with E-state index in [1.807, 2.05) is 12.1 Å². The second-order valence-corrected chi connectivity index (χ2v) is 5.22. The summed E-state index contributed by atoms with van der Waals surface area (Å²) in [6.45, 7) is 5.46. The van der Waals surface area contributed by atoms with E-state index >= 15 is 0 Å². The molecule has 98 valence electrons. The Kier molecular flexibility index (Phi) is 6.85. The molecule has 2 atom stereocenters. The minimum atomic E-state index is 0.208. The molecule has 0 fully saturated rings. The standard InChI is InChI=1S/C13H22BrNO2/c1-3-4-11(7-8-16)9-15-10(2)12-5-6-13(14)17-12/h5-6,10-11,15-16H,3-4,7-9H2,1-2H3. The minimum absolute atomic E-state index is 0.208. The van der Waals surface area contributed by atoms with Crippen LogP contribution in [-0.2, 0) is 0 Å². The average Bonchev–Trinajstić information content (AvgIpc) is 2.73. The van der Waals surface area contributed by atoms with Crippen LogP contribution >= 0.6 is 15.9 Å². The number of furan rings is 1. The fourth-order valence-corrected chi connectivity index (χ4v) is 2.26. The molecule has 0 spiro atoms. The fourth-order valence-electron chi connectivity index (χ4n) is 1.94. The van der Waals surface area contributed by atoms with Gasteiger partial charge in [0.05, 0.1) is 6.04 Å². The third kappa shape index (κ3) is 5.23. The molecule has 17 heavy (non-hydrogen) atoms. The molecule has 0 saturated carbocycles. The maximum atomic E-state index is 9.00. The van der Waals surface area contributed by atoms with Crippen LogP contribution in [0.4, 0.5) is 0 Å². The molecule has 0 aromatic carbocycles. The molecular formula is C13H22BrNO2. The second kappa shape index (κ2) is 7.90. The molecule has 1 heterocycles. The lowest BCUT2D eigenvalue weighted by Crippen LogP contribution is -2.26. The first-order valence-corrected chi connectivity index (χ1v) is 7.06. The van der Waals surface area contributed by atoms with E-state index in [1.165, 1.54) is 0 Å². The summed E-state index contributed by atoms with van der Waals surface area (Å²) in [7, 11) is 0. The van der Waals surface area contributed by atoms with E-state index in [0.717, 1.165) is 36.2 Å². The van der Waals surface area contributed by atoms with Gasteiger partial charge in [-0.1, -0.05) is 13.3 Å². The quantitative estimate of drug-likeness (QED) is 0.773. The van der Waals surface area contributed by atoms with Crippen molar-refractivity contribution in [3.05, 3.63) is 22.6 Å². The van der Waals surface area contributed by atoms with Gasteiger partial charge in [-0.2, -0.15) is 0 Å². The number of halogens is 1. The van der Waals surface area contributed by atoms with Gasteiger partial charge >= 0.3 is 0 Å². The van der Waals surface area contributed by atoms with E-state index in [4.69, 9.17) is 9.52 Å². The van der Waals surface area contributed by atoms with Crippen molar-refractivity contribution < 1.29 is 9.52 Å². The van der Waals surface area contributed by atoms with Crippen molar-refractivity contribution in [3.63, 3.8) is 0 Å². The number of aliphatic hydroxyl groups excluding tert-OH is 1. The van der Waals surface area contributed by atoms with Crippen LogP contribution in [0.2, 0.25) is 0 Å². The van der Waals surface area contributed by atoms with Crippen LogP contribution < -0.4 is 5.32 Å². The second-order valence-electron chi connectivity index (χ2n) is 4.44. The van der Waals surface area contributed by atoms with Gasteiger partial charge in [-0.05, 0) is 60.3 Å². The lowest BCUT2D eigenvalue weighted by Gasteiger charge is -2.18. The molecule has 1 aromatic heterocycles. The predicted molar refractivity (Wildman–Crippen MR) is 72.9 cm³/mol. The maximum absolute atomic E-state index is 9.00. The molecular weight excluding hydrogens is 282 g/mol. The van der Waals surface area contributed by atoms with Gasteiger partial charge in [-0.15, -0.1) is 0 Å². The molecule has 0 aliphatic carbocycles. The summed E-state index contributed by atoms with van der Waals surface area (Å²) in [5, 5.41) is 12.5. The number of nitrogens with one attached hydrogen (secondary N) is 1. The highest BCUT2D eigenvalue weighted by molar-refractivity contribution is 9.10. The summed E-state index contributed by atoms with van der Waals surface area (Å²) in [5.41, 5.74) is 0. The van der Waals surface area contributed by atoms with E-state index in [-0.39, 0.29) is 12.6 Å². The summed E-state index contributed by atoms with van der Waals surface area (Å²) >= 11 is 3.30. The Morgan fingerprint density at radius 3 is 2.71 bits per heavy atom. The molecule has 0 radical (unpaired) electrons. The summed E-state index contributed by atoms with van der Waals surface area (Å²) in [4.78, 5) is 0. The zero-order chi connectivity index (χ0) is 12.7. The first-order chi connectivity index (χ1) is 8.17. The first-order valence-electron chi connectivity index (χ1n) is 6.26. The highest BCUT2D eigenvalue weighted by Crippen LogP contribution is 2.20. The fraction of sp³-hybridized carbons (Fsp3) is 0.692. The van der Waals surface area contributed by atoms with Crippen LogP contribution in [0.1, 0.15) is 44.9 Å². The van der Waals surface area contributed by atoms with Gasteiger partial charge in [-0.3, -0.25) is 0 Å². The normalized spacial score (nSPS) is 14.8. The molecule has 2 N–H and O–H groups in total. The number of aliphatic hydroxyl groups is 1. The number of hydrogen-bond donors (Lipinski definition) is 2. The van der Waals surface area contributed by atoms with Gasteiger partial charge in [0, 0.05) is 6.61 Å². The summed E-state index contributed by atoms with van der Waals surface area (Å²) in [6.07, 6.45) is 3.19. The SMILES string of the molecule is CCCC(CCO)CNC(C)c1ccc(Br)o1. The van der Waals surface area contributed by atoms with Crippen molar-refractivity contribution >= 4 is 15.9 Å². The molecule has 4 heteroatoms. The Balaban J connectivity index is 2.37. The molecule has 1 rings (SSSR count). The molecule has 0 aliphatic heterocycles. The minimum Gasteiger partial charge on any atom is -0.453 e. The maximum Gasteiger partial charge on any atom is 0.169 e. The van der Waals surface area contributed by atoms with Gasteiger partial charge in [-0.25, -0.2) is 0 Å². The van der Waals surface area contributed by atoms with Crippen LogP contribution in [0, 0.1) is 5.92 Å². The summed E-state index contributed by atoms with van der Waals surface area (Å²) < 4.78 is 6.27. The molecule has 3 nitrogen and oxygen atoms in total. The van der Waals surface area contributed by atoms with Crippen molar-refractivity contribution in [2.24, 2.45) is 5.92 Å². The zero-order valence-corrected chi connectivity index (χ0v) is 12.2. The van der Waals surface area contributed by atoms with Crippen molar-refractivity contribution in [1.82, 2.24) is 5.32 Å². The Morgan fingerprint density at radius 2 is 2.18 bits per heavy atom. The largest absolute Gasteiger partial charge is 0.453 e. The lowest BCUT2D eigenvalue weighted by molar-refractivity contribution is 0.244. The van der Waals surface area contributed by atoms with E-state index in [0.29, 0.717) is 5.92 Å². The van der Waals surface area contributed by atoms with Crippen LogP contribution in [0.5, 0.6) is 0 Å². The molecule has 0 amide bonds. The van der Waals surface area contributed by atoms with Crippen molar-refractivity contribution in [3.8, 4) is 0 Å². The third-order valence-electron chi connectivity index (χ3n) is 2.97. The zero-order valence-electron chi connectivity index (χ0n) is 10.6. The number of rotatable bonds is 8. The highest BCUT2D eigenvalue weighted by atomic mass is 79.9. The Labute approximate surface area is 112 Å². The van der Waals surface area contributed by atoms with Crippen LogP contribution in [0.15, 0.2) is 21.2 Å². The molecule has 0 aliphatic rings. The molecule has 2 unspecified atom stereocenters. The molecule has 1 aromatic rings. The summed E-state index contributed by atoms with van der Waals surface area (Å²) in [6, 6.07) is 4.09. The van der Waals surface area contributed by atoms with E-state index in [9.17, 15) is 0 Å². The van der Waals surface area contributed by atoms with Gasteiger partial charge in [0.15, 0.2) is 4.67 Å². The third-order valence-corrected chi connectivity index (χ3v) is 3.39. The smallest absolute Gasteiger partial charge is 0.169 e. The topological polar surface area (TPSA) is 45.4 Å². The highest BCUT2D eigenvalue weighted by Gasteiger charge is 2.12. The van der Waals surface area contributed by atoms with E-state index in [1.54, 1.807) is 0 Å². The average molecular weight is 304 g/mol. The van der Waals surface area contributed by atoms with Gasteiger partial charge in [0.25, 0.3) is 0 Å². The van der Waals surface area contributed by atoms with Gasteiger partial charge in [0.2, 0.25) is 0 Å². The van der Waals surface area contributed by atoms with Gasteiger partial charge in [0.1, 0.15) is 5.76 Å². The lowest BCUT2D eigenvalue weighted by atomic mass is 10.00. The Bertz CT molecular complexity index is 308. The van der Waals surface area contributed by atoms with Gasteiger partial charge < -0.3 is 14.8 Å². The van der Waals surface area contributed by atoms with Crippen molar-refractivity contribution in [2.45, 2.75) is 39.2 Å². The van der Waals surface area contributed by atoms with Crippen LogP contribution in [0.25, 0.3) is 0 Å². The van der Waals surface area contributed by atoms with Crippen molar-refractivity contribution in [1.29, 1.82) is 0 Å². The van der Waals surface area contributed by atoms with Crippen LogP contribution in [0.3, 0.4) is 0 Å². The Hall–Kier alpha value is -0.320. The summed E-state index contributed by atoms with van der Waals surface area (Å²) in [5.74, 6) is 1.49. The van der Waals surface area contributed by atoms with Crippen LogP contribution in [-0.4, -0.2) is 18.3 Å².